The number of hydrogen-bond donors (Lipinski definition) is 1. The second-order valence-corrected chi connectivity index (χ2v) is 8.02. The molecule has 0 bridgehead atoms. The summed E-state index contributed by atoms with van der Waals surface area (Å²) in [4.78, 5) is 34.8. The van der Waals surface area contributed by atoms with Gasteiger partial charge in [0.2, 0.25) is 11.8 Å². The van der Waals surface area contributed by atoms with Gasteiger partial charge in [0.05, 0.1) is 17.7 Å². The van der Waals surface area contributed by atoms with Crippen molar-refractivity contribution in [1.29, 1.82) is 0 Å². The van der Waals surface area contributed by atoms with Crippen molar-refractivity contribution >= 4 is 29.3 Å². The zero-order valence-electron chi connectivity index (χ0n) is 15.5. The molecule has 1 aromatic heterocycles. The van der Waals surface area contributed by atoms with Gasteiger partial charge in [0.25, 0.3) is 0 Å². The maximum absolute atomic E-state index is 13.5. The molecule has 9 heteroatoms. The molecule has 1 N–H and O–H groups in total. The fourth-order valence-corrected chi connectivity index (χ4v) is 3.64. The number of carbonyl (C=O) groups excluding carboxylic acids is 2. The molecule has 2 amide bonds. The number of halogens is 2. The Morgan fingerprint density at radius 3 is 2.71 bits per heavy atom. The van der Waals surface area contributed by atoms with Crippen molar-refractivity contribution in [2.24, 2.45) is 5.41 Å². The molecule has 1 aromatic carbocycles. The first kappa shape index (κ1) is 20.2. The highest BCUT2D eigenvalue weighted by Crippen LogP contribution is 2.35. The van der Waals surface area contributed by atoms with Crippen LogP contribution in [0.15, 0.2) is 35.6 Å². The highest BCUT2D eigenvalue weighted by Gasteiger charge is 2.45. The van der Waals surface area contributed by atoms with E-state index in [-0.39, 0.29) is 37.0 Å². The van der Waals surface area contributed by atoms with E-state index in [4.69, 9.17) is 0 Å². The maximum Gasteiger partial charge on any atom is 0.228 e. The number of carbonyl (C=O) groups is 2. The number of nitrogens with zero attached hydrogens (tertiary/aromatic N) is 3. The first-order valence-corrected chi connectivity index (χ1v) is 9.79. The van der Waals surface area contributed by atoms with Crippen LogP contribution in [0.3, 0.4) is 0 Å². The minimum atomic E-state index is -1.01. The molecule has 1 aliphatic rings. The van der Waals surface area contributed by atoms with Crippen molar-refractivity contribution in [2.45, 2.75) is 32.0 Å². The molecule has 0 aliphatic carbocycles. The van der Waals surface area contributed by atoms with Gasteiger partial charge in [-0.2, -0.15) is 0 Å². The van der Waals surface area contributed by atoms with Crippen LogP contribution >= 0.6 is 11.8 Å². The zero-order chi connectivity index (χ0) is 20.3. The first-order chi connectivity index (χ1) is 13.3. The third-order valence-corrected chi connectivity index (χ3v) is 5.19. The molecule has 1 atom stereocenters. The second kappa shape index (κ2) is 8.22. The van der Waals surface area contributed by atoms with Gasteiger partial charge in [-0.1, -0.05) is 18.7 Å². The van der Waals surface area contributed by atoms with Crippen molar-refractivity contribution in [3.8, 4) is 0 Å². The molecule has 1 aliphatic heterocycles. The Hall–Kier alpha value is -2.55. The lowest BCUT2D eigenvalue weighted by atomic mass is 9.88. The number of hydrogen-bond acceptors (Lipinski definition) is 5. The summed E-state index contributed by atoms with van der Waals surface area (Å²) in [7, 11) is 0. The lowest BCUT2D eigenvalue weighted by Gasteiger charge is -2.23. The highest BCUT2D eigenvalue weighted by molar-refractivity contribution is 7.99. The van der Waals surface area contributed by atoms with Gasteiger partial charge in [-0.25, -0.2) is 18.7 Å². The Labute approximate surface area is 165 Å². The quantitative estimate of drug-likeness (QED) is 0.590. The van der Waals surface area contributed by atoms with Crippen LogP contribution in [0.25, 0.3) is 0 Å². The molecule has 6 nitrogen and oxygen atoms in total. The van der Waals surface area contributed by atoms with Crippen molar-refractivity contribution in [1.82, 2.24) is 15.3 Å². The zero-order valence-corrected chi connectivity index (χ0v) is 16.4. The fourth-order valence-electron chi connectivity index (χ4n) is 3.06. The van der Waals surface area contributed by atoms with Gasteiger partial charge in [-0.05, 0) is 30.9 Å². The van der Waals surface area contributed by atoms with E-state index >= 15 is 0 Å². The van der Waals surface area contributed by atoms with E-state index in [9.17, 15) is 18.4 Å². The molecule has 1 unspecified atom stereocenters. The third-order valence-electron chi connectivity index (χ3n) is 4.45. The van der Waals surface area contributed by atoms with Crippen LogP contribution in [0.4, 0.5) is 14.5 Å². The maximum atomic E-state index is 13.5. The van der Waals surface area contributed by atoms with E-state index in [1.54, 1.807) is 19.2 Å². The summed E-state index contributed by atoms with van der Waals surface area (Å²) >= 11 is 1.50. The Balaban J connectivity index is 1.68. The highest BCUT2D eigenvalue weighted by atomic mass is 32.2. The normalized spacial score (nSPS) is 19.1. The average Bonchev–Trinajstić information content (AvgIpc) is 2.95. The topological polar surface area (TPSA) is 75.2 Å². The minimum absolute atomic E-state index is 0.0429. The summed E-state index contributed by atoms with van der Waals surface area (Å²) in [6.07, 6.45) is 1.59. The molecule has 0 saturated carbocycles. The van der Waals surface area contributed by atoms with E-state index in [1.165, 1.54) is 16.7 Å². The van der Waals surface area contributed by atoms with E-state index in [0.29, 0.717) is 10.9 Å². The van der Waals surface area contributed by atoms with E-state index in [1.807, 2.05) is 6.92 Å². The van der Waals surface area contributed by atoms with Gasteiger partial charge in [0.15, 0.2) is 5.16 Å². The molecule has 148 valence electrons. The monoisotopic (exact) mass is 406 g/mol. The molecule has 3 rings (SSSR count). The number of thioether (sulfide) groups is 1. The molecular formula is C19H20F2N4O2S. The van der Waals surface area contributed by atoms with Crippen LogP contribution in [0.2, 0.25) is 0 Å². The van der Waals surface area contributed by atoms with Crippen LogP contribution < -0.4 is 10.2 Å². The number of amides is 2. The summed E-state index contributed by atoms with van der Waals surface area (Å²) in [5.41, 5.74) is -0.235. The van der Waals surface area contributed by atoms with Gasteiger partial charge in [-0.3, -0.25) is 9.59 Å². The van der Waals surface area contributed by atoms with Gasteiger partial charge >= 0.3 is 0 Å². The van der Waals surface area contributed by atoms with Gasteiger partial charge < -0.3 is 10.2 Å². The summed E-state index contributed by atoms with van der Waals surface area (Å²) in [5.74, 6) is -1.38. The third kappa shape index (κ3) is 4.46. The molecule has 1 saturated heterocycles. The van der Waals surface area contributed by atoms with Gasteiger partial charge in [-0.15, -0.1) is 0 Å². The average molecular weight is 406 g/mol. The fraction of sp³-hybridized carbons (Fsp3) is 0.368. The predicted octanol–water partition coefficient (Wildman–Crippen LogP) is 2.93. The van der Waals surface area contributed by atoms with E-state index in [2.05, 4.69) is 15.3 Å². The SMILES string of the molecule is CCSc1nccc(CNC(=O)C2(C)CC(=O)N(c3cc(F)cc(F)c3)C2)n1. The van der Waals surface area contributed by atoms with Crippen LogP contribution in [-0.2, 0) is 16.1 Å². The molecular weight excluding hydrogens is 386 g/mol. The number of aromatic nitrogens is 2. The van der Waals surface area contributed by atoms with Crippen molar-refractivity contribution < 1.29 is 18.4 Å². The van der Waals surface area contributed by atoms with Crippen LogP contribution in [-0.4, -0.2) is 34.1 Å². The standard InChI is InChI=1S/C19H20F2N4O2S/c1-3-28-18-22-5-4-14(24-18)10-23-17(27)19(2)9-16(26)25(11-19)15-7-12(20)6-13(21)8-15/h4-8H,3,9-11H2,1-2H3,(H,23,27). The van der Waals surface area contributed by atoms with Crippen LogP contribution in [0.5, 0.6) is 0 Å². The molecule has 28 heavy (non-hydrogen) atoms. The Morgan fingerprint density at radius 1 is 1.32 bits per heavy atom. The lowest BCUT2D eigenvalue weighted by molar-refractivity contribution is -0.131. The largest absolute Gasteiger partial charge is 0.350 e. The Morgan fingerprint density at radius 2 is 2.04 bits per heavy atom. The smallest absolute Gasteiger partial charge is 0.228 e. The van der Waals surface area contributed by atoms with Gasteiger partial charge in [0.1, 0.15) is 11.6 Å². The van der Waals surface area contributed by atoms with Crippen molar-refractivity contribution in [2.75, 3.05) is 17.2 Å². The van der Waals surface area contributed by atoms with Crippen LogP contribution in [0.1, 0.15) is 26.0 Å². The van der Waals surface area contributed by atoms with Crippen molar-refractivity contribution in [3.05, 3.63) is 47.8 Å². The minimum Gasteiger partial charge on any atom is -0.350 e. The van der Waals surface area contributed by atoms with Gasteiger partial charge in [0, 0.05) is 30.9 Å². The molecule has 1 fully saturated rings. The summed E-state index contributed by atoms with van der Waals surface area (Å²) in [6, 6.07) is 4.61. The number of anilines is 1. The number of rotatable bonds is 6. The molecule has 2 aromatic rings. The molecule has 2 heterocycles. The lowest BCUT2D eigenvalue weighted by Crippen LogP contribution is -2.40. The van der Waals surface area contributed by atoms with Crippen molar-refractivity contribution in [3.63, 3.8) is 0 Å². The number of benzene rings is 1. The summed E-state index contributed by atoms with van der Waals surface area (Å²) < 4.78 is 27.0. The molecule has 0 spiro atoms. The summed E-state index contributed by atoms with van der Waals surface area (Å²) in [5, 5.41) is 3.44. The first-order valence-electron chi connectivity index (χ1n) is 8.80. The summed E-state index contributed by atoms with van der Waals surface area (Å²) in [6.45, 7) is 3.91. The Kier molecular flexibility index (Phi) is 5.93. The van der Waals surface area contributed by atoms with E-state index in [0.717, 1.165) is 24.0 Å². The van der Waals surface area contributed by atoms with Crippen LogP contribution in [0, 0.1) is 17.0 Å². The predicted molar refractivity (Wildman–Crippen MR) is 102 cm³/mol. The second-order valence-electron chi connectivity index (χ2n) is 6.79. The Bertz CT molecular complexity index is 891. The molecule has 0 radical (unpaired) electrons. The number of nitrogens with one attached hydrogen (secondary N) is 1. The van der Waals surface area contributed by atoms with E-state index < -0.39 is 17.0 Å².